The molecule has 0 radical (unpaired) electrons. The molecule has 2 aliphatic rings. The lowest BCUT2D eigenvalue weighted by Gasteiger charge is -2.26. The van der Waals surface area contributed by atoms with Crippen LogP contribution in [0.2, 0.25) is 0 Å². The van der Waals surface area contributed by atoms with E-state index in [0.29, 0.717) is 24.6 Å². The molecule has 182 valence electrons. The first-order valence-electron chi connectivity index (χ1n) is 10.9. The number of fused-ring (bicyclic) bond motifs is 1. The molecule has 2 aliphatic heterocycles. The van der Waals surface area contributed by atoms with Crippen LogP contribution in [0.4, 0.5) is 5.69 Å². The molecular weight excluding hydrogens is 464 g/mol. The van der Waals surface area contributed by atoms with Gasteiger partial charge in [0, 0.05) is 13.1 Å². The molecule has 0 aromatic heterocycles. The summed E-state index contributed by atoms with van der Waals surface area (Å²) in [6.07, 6.45) is 1.62. The van der Waals surface area contributed by atoms with Gasteiger partial charge in [-0.25, -0.2) is 13.2 Å². The molecule has 1 amide bonds. The highest BCUT2D eigenvalue weighted by atomic mass is 32.2. The minimum atomic E-state index is -3.70. The zero-order valence-electron chi connectivity index (χ0n) is 18.7. The molecule has 1 fully saturated rings. The summed E-state index contributed by atoms with van der Waals surface area (Å²) < 4.78 is 48.8. The number of hydrogen-bond acceptors (Lipinski definition) is 8. The molecule has 1 atom stereocenters. The standard InChI is InChI=1S/C23H26N2O8S/c1-30-18-10-9-16(34(28,29)25-11-5-2-6-12-25)13-17(18)24-22(26)15-32-23(27)21-14-31-19-7-3-4-8-20(19)33-21/h3-4,7-10,13,21H,2,5-6,11-12,14-15H2,1H3,(H,24,26). The number of para-hydroxylation sites is 2. The average Bonchev–Trinajstić information content (AvgIpc) is 2.87. The van der Waals surface area contributed by atoms with Gasteiger partial charge in [-0.1, -0.05) is 18.6 Å². The number of amides is 1. The number of nitrogens with one attached hydrogen (secondary N) is 1. The van der Waals surface area contributed by atoms with Gasteiger partial charge in [0.15, 0.2) is 18.1 Å². The molecule has 0 aliphatic carbocycles. The smallest absolute Gasteiger partial charge is 0.351 e. The third-order valence-corrected chi connectivity index (χ3v) is 7.41. The molecule has 0 spiro atoms. The first-order valence-corrected chi connectivity index (χ1v) is 12.4. The summed E-state index contributed by atoms with van der Waals surface area (Å²) in [7, 11) is -2.29. The first-order chi connectivity index (χ1) is 16.4. The van der Waals surface area contributed by atoms with Crippen molar-refractivity contribution in [3.8, 4) is 17.2 Å². The maximum absolute atomic E-state index is 13.0. The third-order valence-electron chi connectivity index (χ3n) is 5.51. The van der Waals surface area contributed by atoms with Gasteiger partial charge in [-0.2, -0.15) is 4.31 Å². The van der Waals surface area contributed by atoms with Crippen LogP contribution in [0.25, 0.3) is 0 Å². The van der Waals surface area contributed by atoms with E-state index in [0.717, 1.165) is 19.3 Å². The van der Waals surface area contributed by atoms with Gasteiger partial charge in [0.1, 0.15) is 12.4 Å². The van der Waals surface area contributed by atoms with Crippen LogP contribution in [0.5, 0.6) is 17.2 Å². The molecule has 34 heavy (non-hydrogen) atoms. The van der Waals surface area contributed by atoms with E-state index in [1.54, 1.807) is 24.3 Å². The molecule has 2 heterocycles. The monoisotopic (exact) mass is 490 g/mol. The van der Waals surface area contributed by atoms with Crippen molar-refractivity contribution in [3.05, 3.63) is 42.5 Å². The Kier molecular flexibility index (Phi) is 7.23. The van der Waals surface area contributed by atoms with Gasteiger partial charge >= 0.3 is 5.97 Å². The number of hydrogen-bond donors (Lipinski definition) is 1. The first kappa shape index (κ1) is 23.8. The van der Waals surface area contributed by atoms with Crippen molar-refractivity contribution in [1.29, 1.82) is 0 Å². The second-order valence-electron chi connectivity index (χ2n) is 7.85. The van der Waals surface area contributed by atoms with Crippen LogP contribution >= 0.6 is 0 Å². The summed E-state index contributed by atoms with van der Waals surface area (Å²) in [5, 5.41) is 2.55. The Morgan fingerprint density at radius 1 is 1.09 bits per heavy atom. The van der Waals surface area contributed by atoms with Crippen LogP contribution in [0, 0.1) is 0 Å². The number of anilines is 1. The van der Waals surface area contributed by atoms with E-state index in [-0.39, 0.29) is 22.9 Å². The maximum atomic E-state index is 13.0. The molecular formula is C23H26N2O8S. The molecule has 10 nitrogen and oxygen atoms in total. The number of carbonyl (C=O) groups is 2. The number of esters is 1. The van der Waals surface area contributed by atoms with Gasteiger partial charge in [0.25, 0.3) is 5.91 Å². The lowest BCUT2D eigenvalue weighted by molar-refractivity contribution is -0.156. The van der Waals surface area contributed by atoms with Crippen molar-refractivity contribution in [1.82, 2.24) is 4.31 Å². The number of benzene rings is 2. The largest absolute Gasteiger partial charge is 0.495 e. The Labute approximate surface area is 197 Å². The van der Waals surface area contributed by atoms with E-state index in [2.05, 4.69) is 5.32 Å². The van der Waals surface area contributed by atoms with Crippen molar-refractivity contribution < 1.29 is 37.0 Å². The van der Waals surface area contributed by atoms with E-state index in [1.165, 1.54) is 29.6 Å². The Bertz CT molecular complexity index is 1160. The zero-order chi connectivity index (χ0) is 24.1. The quantitative estimate of drug-likeness (QED) is 0.587. The topological polar surface area (TPSA) is 120 Å². The molecule has 0 saturated carbocycles. The highest BCUT2D eigenvalue weighted by Gasteiger charge is 2.30. The third kappa shape index (κ3) is 5.26. The molecule has 2 aromatic carbocycles. The summed E-state index contributed by atoms with van der Waals surface area (Å²) in [4.78, 5) is 24.8. The van der Waals surface area contributed by atoms with Crippen LogP contribution in [0.3, 0.4) is 0 Å². The summed E-state index contributed by atoms with van der Waals surface area (Å²) >= 11 is 0. The van der Waals surface area contributed by atoms with Crippen LogP contribution in [0.15, 0.2) is 47.4 Å². The normalized spacial score (nSPS) is 18.1. The van der Waals surface area contributed by atoms with Crippen LogP contribution in [0.1, 0.15) is 19.3 Å². The van der Waals surface area contributed by atoms with Crippen LogP contribution < -0.4 is 19.5 Å². The summed E-state index contributed by atoms with van der Waals surface area (Å²) in [6, 6.07) is 11.2. The number of methoxy groups -OCH3 is 1. The number of piperidine rings is 1. The fourth-order valence-electron chi connectivity index (χ4n) is 3.75. The summed E-state index contributed by atoms with van der Waals surface area (Å²) in [5.41, 5.74) is 0.160. The number of carbonyl (C=O) groups excluding carboxylic acids is 2. The fraction of sp³-hybridized carbons (Fsp3) is 0.391. The van der Waals surface area contributed by atoms with E-state index in [9.17, 15) is 18.0 Å². The predicted molar refractivity (Wildman–Crippen MR) is 122 cm³/mol. The Morgan fingerprint density at radius 2 is 1.82 bits per heavy atom. The Balaban J connectivity index is 1.38. The van der Waals surface area contributed by atoms with Gasteiger partial charge < -0.3 is 24.3 Å². The Morgan fingerprint density at radius 3 is 2.56 bits per heavy atom. The van der Waals surface area contributed by atoms with Gasteiger partial charge in [0.05, 0.1) is 17.7 Å². The van der Waals surface area contributed by atoms with Crippen molar-refractivity contribution in [2.24, 2.45) is 0 Å². The van der Waals surface area contributed by atoms with E-state index in [1.807, 2.05) is 0 Å². The average molecular weight is 491 g/mol. The molecule has 4 rings (SSSR count). The Hall–Kier alpha value is -3.31. The lowest BCUT2D eigenvalue weighted by atomic mass is 10.2. The molecule has 2 aromatic rings. The molecule has 11 heteroatoms. The van der Waals surface area contributed by atoms with Gasteiger partial charge in [0.2, 0.25) is 16.1 Å². The summed E-state index contributed by atoms with van der Waals surface area (Å²) in [5.74, 6) is -0.195. The fourth-order valence-corrected chi connectivity index (χ4v) is 5.29. The van der Waals surface area contributed by atoms with Gasteiger partial charge in [-0.15, -0.1) is 0 Å². The molecule has 1 saturated heterocycles. The van der Waals surface area contributed by atoms with Gasteiger partial charge in [-0.3, -0.25) is 4.79 Å². The van der Waals surface area contributed by atoms with Crippen molar-refractivity contribution in [2.75, 3.05) is 38.7 Å². The number of nitrogens with zero attached hydrogens (tertiary/aromatic N) is 1. The van der Waals surface area contributed by atoms with E-state index < -0.39 is 34.6 Å². The molecule has 0 bridgehead atoms. The number of rotatable bonds is 7. The highest BCUT2D eigenvalue weighted by molar-refractivity contribution is 7.89. The van der Waals surface area contributed by atoms with Gasteiger partial charge in [-0.05, 0) is 43.2 Å². The van der Waals surface area contributed by atoms with Crippen LogP contribution in [-0.2, 0) is 24.3 Å². The van der Waals surface area contributed by atoms with Crippen molar-refractivity contribution in [2.45, 2.75) is 30.3 Å². The second kappa shape index (κ2) is 10.3. The molecule has 1 N–H and O–H groups in total. The van der Waals surface area contributed by atoms with Crippen LogP contribution in [-0.4, -0.2) is 64.1 Å². The number of ether oxygens (including phenoxy) is 4. The van der Waals surface area contributed by atoms with Crippen molar-refractivity contribution >= 4 is 27.6 Å². The zero-order valence-corrected chi connectivity index (χ0v) is 19.5. The molecule has 1 unspecified atom stereocenters. The minimum Gasteiger partial charge on any atom is -0.495 e. The SMILES string of the molecule is COc1ccc(S(=O)(=O)N2CCCCC2)cc1NC(=O)COC(=O)C1COc2ccccc2O1. The van der Waals surface area contributed by atoms with E-state index >= 15 is 0 Å². The maximum Gasteiger partial charge on any atom is 0.351 e. The van der Waals surface area contributed by atoms with E-state index in [4.69, 9.17) is 18.9 Å². The lowest BCUT2D eigenvalue weighted by Crippen LogP contribution is -2.39. The summed E-state index contributed by atoms with van der Waals surface area (Å²) in [6.45, 7) is 0.293. The predicted octanol–water partition coefficient (Wildman–Crippen LogP) is 2.19. The van der Waals surface area contributed by atoms with Crippen molar-refractivity contribution in [3.63, 3.8) is 0 Å². The number of sulfonamides is 1. The highest BCUT2D eigenvalue weighted by Crippen LogP contribution is 2.32. The minimum absolute atomic E-state index is 0.0400. The second-order valence-corrected chi connectivity index (χ2v) is 9.78.